The lowest BCUT2D eigenvalue weighted by Crippen LogP contribution is -2.46. The molecule has 2 aromatic rings. The third kappa shape index (κ3) is 2.49. The summed E-state index contributed by atoms with van der Waals surface area (Å²) in [5, 5.41) is 1.52. The van der Waals surface area contributed by atoms with E-state index in [2.05, 4.69) is 49.5 Å². The van der Waals surface area contributed by atoms with Gasteiger partial charge in [-0.15, -0.1) is 0 Å². The van der Waals surface area contributed by atoms with Gasteiger partial charge in [-0.25, -0.2) is 0 Å². The van der Waals surface area contributed by atoms with Crippen LogP contribution in [-0.4, -0.2) is 13.9 Å². The van der Waals surface area contributed by atoms with Crippen molar-refractivity contribution in [3.8, 4) is 0 Å². The first-order valence-electron chi connectivity index (χ1n) is 7.67. The molecule has 1 nitrogen and oxygen atoms in total. The van der Waals surface area contributed by atoms with Crippen LogP contribution in [0, 0.1) is 0 Å². The highest BCUT2D eigenvalue weighted by Gasteiger charge is 2.38. The molecular weight excluding hydrogens is 272 g/mol. The molecule has 0 bridgehead atoms. The molecule has 0 spiro atoms. The second-order valence-corrected chi connectivity index (χ2v) is 11.5. The lowest BCUT2D eigenvalue weighted by molar-refractivity contribution is 0.101. The minimum Gasteiger partial charge on any atom is -0.295 e. The summed E-state index contributed by atoms with van der Waals surface area (Å²) in [5.41, 5.74) is 4.33. The van der Waals surface area contributed by atoms with E-state index >= 15 is 0 Å². The van der Waals surface area contributed by atoms with Crippen LogP contribution >= 0.6 is 0 Å². The topological polar surface area (TPSA) is 17.1 Å². The predicted octanol–water partition coefficient (Wildman–Crippen LogP) is 3.97. The minimum atomic E-state index is -1.51. The quantitative estimate of drug-likeness (QED) is 0.618. The fraction of sp³-hybridized carbons (Fsp3) is 0.316. The summed E-state index contributed by atoms with van der Waals surface area (Å²) in [4.78, 5) is 11.8. The number of ketones is 1. The molecule has 2 heteroatoms. The van der Waals surface area contributed by atoms with Crippen molar-refractivity contribution in [1.29, 1.82) is 0 Å². The van der Waals surface area contributed by atoms with Gasteiger partial charge in [-0.1, -0.05) is 66.8 Å². The summed E-state index contributed by atoms with van der Waals surface area (Å²) in [6.45, 7) is 6.61. The highest BCUT2D eigenvalue weighted by atomic mass is 28.3. The van der Waals surface area contributed by atoms with Gasteiger partial charge >= 0.3 is 0 Å². The van der Waals surface area contributed by atoms with Gasteiger partial charge in [0.2, 0.25) is 0 Å². The standard InChI is InChI=1S/C19H22OSi/c1-14(20)18-11-7-8-15-12-17(13-19(15)18)21(2,3)16-9-5-4-6-10-16/h4-11,17H,12-13H2,1-3H3/t17-/m0/s1. The van der Waals surface area contributed by atoms with Crippen LogP contribution in [0.25, 0.3) is 0 Å². The van der Waals surface area contributed by atoms with Crippen LogP contribution in [0.2, 0.25) is 18.6 Å². The van der Waals surface area contributed by atoms with Gasteiger partial charge in [0.05, 0.1) is 8.07 Å². The Kier molecular flexibility index (Phi) is 3.58. The van der Waals surface area contributed by atoms with Crippen LogP contribution in [0.5, 0.6) is 0 Å². The molecule has 0 N–H and O–H groups in total. The maximum atomic E-state index is 11.8. The molecule has 0 aromatic heterocycles. The largest absolute Gasteiger partial charge is 0.295 e. The number of hydrogen-bond donors (Lipinski definition) is 0. The second kappa shape index (κ2) is 5.27. The summed E-state index contributed by atoms with van der Waals surface area (Å²) in [6.07, 6.45) is 2.20. The first-order chi connectivity index (χ1) is 10.00. The van der Waals surface area contributed by atoms with Crippen LogP contribution in [-0.2, 0) is 12.8 Å². The molecule has 0 aliphatic heterocycles. The SMILES string of the molecule is CC(=O)c1cccc2c1C[C@@H]([Si](C)(C)c1ccccc1)C2. The molecule has 1 aliphatic carbocycles. The normalized spacial score (nSPS) is 17.6. The van der Waals surface area contributed by atoms with Crippen LogP contribution in [0.1, 0.15) is 28.4 Å². The number of rotatable bonds is 3. The van der Waals surface area contributed by atoms with E-state index in [9.17, 15) is 4.79 Å². The average Bonchev–Trinajstić information content (AvgIpc) is 2.92. The van der Waals surface area contributed by atoms with Crippen molar-refractivity contribution >= 4 is 19.0 Å². The molecule has 0 radical (unpaired) electrons. The Hall–Kier alpha value is -1.67. The first kappa shape index (κ1) is 14.3. The Labute approximate surface area is 128 Å². The molecule has 3 rings (SSSR count). The van der Waals surface area contributed by atoms with Crippen LogP contribution in [0.15, 0.2) is 48.5 Å². The van der Waals surface area contributed by atoms with Gasteiger partial charge in [0, 0.05) is 5.56 Å². The number of benzene rings is 2. The zero-order valence-electron chi connectivity index (χ0n) is 13.0. The molecule has 1 aliphatic rings. The van der Waals surface area contributed by atoms with Gasteiger partial charge < -0.3 is 0 Å². The highest BCUT2D eigenvalue weighted by Crippen LogP contribution is 2.39. The molecule has 1 atom stereocenters. The number of hydrogen-bond acceptors (Lipinski definition) is 1. The van der Waals surface area contributed by atoms with Gasteiger partial charge in [-0.2, -0.15) is 0 Å². The minimum absolute atomic E-state index is 0.201. The third-order valence-electron chi connectivity index (χ3n) is 5.11. The van der Waals surface area contributed by atoms with Crippen molar-refractivity contribution in [1.82, 2.24) is 0 Å². The summed E-state index contributed by atoms with van der Waals surface area (Å²) in [6, 6.07) is 17.2. The maximum absolute atomic E-state index is 11.8. The number of fused-ring (bicyclic) bond motifs is 1. The Bertz CT molecular complexity index is 673. The molecule has 0 amide bonds. The second-order valence-electron chi connectivity index (χ2n) is 6.69. The lowest BCUT2D eigenvalue weighted by Gasteiger charge is -2.30. The summed E-state index contributed by atoms with van der Waals surface area (Å²) >= 11 is 0. The lowest BCUT2D eigenvalue weighted by atomic mass is 10.0. The average molecular weight is 294 g/mol. The third-order valence-corrected chi connectivity index (χ3v) is 9.38. The van der Waals surface area contributed by atoms with Gasteiger partial charge in [-0.3, -0.25) is 4.79 Å². The number of carbonyl (C=O) groups is 1. The smallest absolute Gasteiger partial charge is 0.160 e. The van der Waals surface area contributed by atoms with E-state index in [1.165, 1.54) is 16.3 Å². The van der Waals surface area contributed by atoms with E-state index in [1.807, 2.05) is 12.1 Å². The Balaban J connectivity index is 1.95. The first-order valence-corrected chi connectivity index (χ1v) is 10.7. The summed E-state index contributed by atoms with van der Waals surface area (Å²) < 4.78 is 0. The number of Topliss-reactive ketones (excluding diaryl/α,β-unsaturated/α-hetero) is 1. The molecule has 21 heavy (non-hydrogen) atoms. The van der Waals surface area contributed by atoms with Crippen molar-refractivity contribution in [2.45, 2.75) is 38.4 Å². The fourth-order valence-corrected chi connectivity index (χ4v) is 6.56. The van der Waals surface area contributed by atoms with Gasteiger partial charge in [0.25, 0.3) is 0 Å². The van der Waals surface area contributed by atoms with Crippen LogP contribution in [0.3, 0.4) is 0 Å². The van der Waals surface area contributed by atoms with Crippen molar-refractivity contribution < 1.29 is 4.79 Å². The fourth-order valence-electron chi connectivity index (χ4n) is 3.59. The predicted molar refractivity (Wildman–Crippen MR) is 91.2 cm³/mol. The van der Waals surface area contributed by atoms with Crippen LogP contribution in [0.4, 0.5) is 0 Å². The highest BCUT2D eigenvalue weighted by molar-refractivity contribution is 6.91. The molecule has 0 saturated carbocycles. The molecule has 0 fully saturated rings. The van der Waals surface area contributed by atoms with E-state index in [0.717, 1.165) is 18.4 Å². The van der Waals surface area contributed by atoms with E-state index in [1.54, 1.807) is 6.92 Å². The molecular formula is C19H22OSi. The van der Waals surface area contributed by atoms with E-state index in [0.29, 0.717) is 5.54 Å². The molecule has 0 unspecified atom stereocenters. The van der Waals surface area contributed by atoms with Crippen molar-refractivity contribution in [3.05, 3.63) is 65.2 Å². The van der Waals surface area contributed by atoms with Gasteiger partial charge in [0.1, 0.15) is 0 Å². The molecule has 2 aromatic carbocycles. The van der Waals surface area contributed by atoms with Crippen LogP contribution < -0.4 is 5.19 Å². The number of carbonyl (C=O) groups excluding carboxylic acids is 1. The molecule has 108 valence electrons. The Morgan fingerprint density at radius 3 is 2.38 bits per heavy atom. The zero-order chi connectivity index (χ0) is 15.0. The van der Waals surface area contributed by atoms with E-state index in [4.69, 9.17) is 0 Å². The zero-order valence-corrected chi connectivity index (χ0v) is 14.0. The summed E-state index contributed by atoms with van der Waals surface area (Å²) in [7, 11) is -1.51. The Morgan fingerprint density at radius 2 is 1.71 bits per heavy atom. The van der Waals surface area contributed by atoms with Crippen molar-refractivity contribution in [2.75, 3.05) is 0 Å². The Morgan fingerprint density at radius 1 is 1.00 bits per heavy atom. The maximum Gasteiger partial charge on any atom is 0.160 e. The van der Waals surface area contributed by atoms with E-state index in [-0.39, 0.29) is 5.78 Å². The summed E-state index contributed by atoms with van der Waals surface area (Å²) in [5.74, 6) is 0.201. The van der Waals surface area contributed by atoms with Gasteiger partial charge in [0.15, 0.2) is 5.78 Å². The molecule has 0 saturated heterocycles. The monoisotopic (exact) mass is 294 g/mol. The van der Waals surface area contributed by atoms with E-state index < -0.39 is 8.07 Å². The molecule has 0 heterocycles. The van der Waals surface area contributed by atoms with Crippen molar-refractivity contribution in [2.24, 2.45) is 0 Å². The van der Waals surface area contributed by atoms with Crippen molar-refractivity contribution in [3.63, 3.8) is 0 Å². The van der Waals surface area contributed by atoms with Gasteiger partial charge in [-0.05, 0) is 36.4 Å².